The molecule has 1 atom stereocenters. The van der Waals surface area contributed by atoms with Crippen molar-refractivity contribution >= 4 is 21.4 Å². The molecule has 1 aromatic carbocycles. The summed E-state index contributed by atoms with van der Waals surface area (Å²) in [6.45, 7) is 5.05. The topological polar surface area (TPSA) is 43.8 Å². The lowest BCUT2D eigenvalue weighted by molar-refractivity contribution is 0.490. The molecule has 4 heteroatoms. The van der Waals surface area contributed by atoms with Crippen molar-refractivity contribution < 1.29 is 0 Å². The molecule has 0 bridgehead atoms. The summed E-state index contributed by atoms with van der Waals surface area (Å²) < 4.78 is 3.48. The number of hydrogen-bond acceptors (Lipinski definition) is 3. The second kappa shape index (κ2) is 5.38. The Hall–Kier alpha value is -1.65. The number of benzene rings is 1. The van der Waals surface area contributed by atoms with E-state index in [1.165, 1.54) is 15.8 Å². The minimum Gasteiger partial charge on any atom is -0.330 e. The summed E-state index contributed by atoms with van der Waals surface area (Å²) in [4.78, 5) is 4.33. The van der Waals surface area contributed by atoms with E-state index in [1.807, 2.05) is 12.5 Å². The Balaban J connectivity index is 2.08. The van der Waals surface area contributed by atoms with E-state index >= 15 is 0 Å². The number of fused-ring (bicyclic) bond motifs is 1. The van der Waals surface area contributed by atoms with Crippen LogP contribution in [-0.4, -0.2) is 16.1 Å². The number of imidazole rings is 1. The zero-order chi connectivity index (χ0) is 14.1. The Morgan fingerprint density at radius 1 is 1.30 bits per heavy atom. The predicted octanol–water partition coefficient (Wildman–Crippen LogP) is 3.79. The predicted molar refractivity (Wildman–Crippen MR) is 85.6 cm³/mol. The van der Waals surface area contributed by atoms with Crippen molar-refractivity contribution in [2.75, 3.05) is 6.54 Å². The fourth-order valence-electron chi connectivity index (χ4n) is 2.63. The van der Waals surface area contributed by atoms with Gasteiger partial charge < -0.3 is 10.3 Å². The third kappa shape index (κ3) is 2.25. The van der Waals surface area contributed by atoms with Gasteiger partial charge in [0, 0.05) is 34.7 Å². The maximum absolute atomic E-state index is 5.95. The summed E-state index contributed by atoms with van der Waals surface area (Å²) in [5.74, 6) is 0.830. The van der Waals surface area contributed by atoms with Crippen LogP contribution in [0.5, 0.6) is 0 Å². The summed E-state index contributed by atoms with van der Waals surface area (Å²) in [6, 6.07) is 8.69. The van der Waals surface area contributed by atoms with E-state index in [9.17, 15) is 0 Å². The highest BCUT2D eigenvalue weighted by molar-refractivity contribution is 7.17. The first kappa shape index (κ1) is 13.3. The smallest absolute Gasteiger partial charge is 0.0994 e. The molecule has 0 fully saturated rings. The second-order valence-corrected chi connectivity index (χ2v) is 6.37. The van der Waals surface area contributed by atoms with Gasteiger partial charge >= 0.3 is 0 Å². The molecule has 104 valence electrons. The third-order valence-corrected chi connectivity index (χ3v) is 4.72. The zero-order valence-electron chi connectivity index (χ0n) is 11.8. The number of thiophene rings is 1. The van der Waals surface area contributed by atoms with E-state index < -0.39 is 0 Å². The van der Waals surface area contributed by atoms with E-state index in [-0.39, 0.29) is 0 Å². The van der Waals surface area contributed by atoms with Crippen molar-refractivity contribution in [2.24, 2.45) is 11.7 Å². The van der Waals surface area contributed by atoms with E-state index in [1.54, 1.807) is 11.3 Å². The number of nitrogens with two attached hydrogens (primary N) is 1. The molecule has 3 nitrogen and oxygen atoms in total. The molecule has 0 radical (unpaired) electrons. The highest BCUT2D eigenvalue weighted by Crippen LogP contribution is 2.28. The molecule has 3 rings (SSSR count). The average Bonchev–Trinajstić information content (AvgIpc) is 3.06. The van der Waals surface area contributed by atoms with Crippen LogP contribution in [0, 0.1) is 5.92 Å². The first-order valence-corrected chi connectivity index (χ1v) is 7.78. The second-order valence-electron chi connectivity index (χ2n) is 5.42. The van der Waals surface area contributed by atoms with Gasteiger partial charge in [0.2, 0.25) is 0 Å². The summed E-state index contributed by atoms with van der Waals surface area (Å²) >= 11 is 1.77. The molecule has 3 aromatic rings. The SMILES string of the molecule is CC(C)C(CN)c1cncn1-c1ccc2sccc2c1. The fourth-order valence-corrected chi connectivity index (χ4v) is 3.40. The maximum atomic E-state index is 5.95. The Bertz CT molecular complexity index is 711. The van der Waals surface area contributed by atoms with Gasteiger partial charge in [-0.05, 0) is 40.9 Å². The Morgan fingerprint density at radius 3 is 2.90 bits per heavy atom. The molecule has 1 unspecified atom stereocenters. The number of nitrogens with zero attached hydrogens (tertiary/aromatic N) is 2. The summed E-state index contributed by atoms with van der Waals surface area (Å²) in [5.41, 5.74) is 8.29. The Labute approximate surface area is 123 Å². The number of aromatic nitrogens is 2. The largest absolute Gasteiger partial charge is 0.330 e. The standard InChI is InChI=1S/C16H19N3S/c1-11(2)14(8-17)15-9-18-10-19(15)13-3-4-16-12(7-13)5-6-20-16/h3-7,9-11,14H,8,17H2,1-2H3. The monoisotopic (exact) mass is 285 g/mol. The van der Waals surface area contributed by atoms with Gasteiger partial charge in [0.25, 0.3) is 0 Å². The molecule has 0 aliphatic rings. The van der Waals surface area contributed by atoms with Crippen LogP contribution in [-0.2, 0) is 0 Å². The van der Waals surface area contributed by atoms with E-state index in [0.717, 1.165) is 5.69 Å². The molecule has 0 saturated heterocycles. The molecule has 0 amide bonds. The molecular weight excluding hydrogens is 266 g/mol. The van der Waals surface area contributed by atoms with Crippen LogP contribution >= 0.6 is 11.3 Å². The van der Waals surface area contributed by atoms with Crippen LogP contribution in [0.3, 0.4) is 0 Å². The number of rotatable bonds is 4. The van der Waals surface area contributed by atoms with Crippen LogP contribution in [0.1, 0.15) is 25.5 Å². The molecule has 0 aliphatic heterocycles. The van der Waals surface area contributed by atoms with E-state index in [2.05, 4.69) is 53.0 Å². The summed E-state index contributed by atoms with van der Waals surface area (Å²) in [6.07, 6.45) is 3.82. The fraction of sp³-hybridized carbons (Fsp3) is 0.312. The van der Waals surface area contributed by atoms with Gasteiger partial charge in [-0.25, -0.2) is 4.98 Å². The van der Waals surface area contributed by atoms with Gasteiger partial charge in [-0.3, -0.25) is 0 Å². The highest BCUT2D eigenvalue weighted by atomic mass is 32.1. The van der Waals surface area contributed by atoms with Crippen molar-refractivity contribution in [3.8, 4) is 5.69 Å². The van der Waals surface area contributed by atoms with Crippen LogP contribution in [0.4, 0.5) is 0 Å². The van der Waals surface area contributed by atoms with Crippen molar-refractivity contribution in [3.05, 3.63) is 47.9 Å². The maximum Gasteiger partial charge on any atom is 0.0994 e. The van der Waals surface area contributed by atoms with Crippen molar-refractivity contribution in [2.45, 2.75) is 19.8 Å². The zero-order valence-corrected chi connectivity index (χ0v) is 12.6. The van der Waals surface area contributed by atoms with Crippen LogP contribution in [0.25, 0.3) is 15.8 Å². The highest BCUT2D eigenvalue weighted by Gasteiger charge is 2.19. The molecule has 0 saturated carbocycles. The molecule has 20 heavy (non-hydrogen) atoms. The minimum atomic E-state index is 0.329. The van der Waals surface area contributed by atoms with Gasteiger partial charge in [0.15, 0.2) is 0 Å². The summed E-state index contributed by atoms with van der Waals surface area (Å²) in [5, 5.41) is 3.40. The van der Waals surface area contributed by atoms with Gasteiger partial charge in [-0.1, -0.05) is 13.8 Å². The quantitative estimate of drug-likeness (QED) is 0.792. The van der Waals surface area contributed by atoms with Crippen LogP contribution in [0.15, 0.2) is 42.2 Å². The Kier molecular flexibility index (Phi) is 3.59. The lowest BCUT2D eigenvalue weighted by Crippen LogP contribution is -2.20. The van der Waals surface area contributed by atoms with Gasteiger partial charge in [-0.15, -0.1) is 11.3 Å². The van der Waals surface area contributed by atoms with Gasteiger partial charge in [-0.2, -0.15) is 0 Å². The molecule has 2 aromatic heterocycles. The normalized spacial score (nSPS) is 13.2. The first-order valence-electron chi connectivity index (χ1n) is 6.90. The van der Waals surface area contributed by atoms with Gasteiger partial charge in [0.05, 0.1) is 6.33 Å². The van der Waals surface area contributed by atoms with Crippen LogP contribution in [0.2, 0.25) is 0 Å². The average molecular weight is 285 g/mol. The lowest BCUT2D eigenvalue weighted by atomic mass is 9.93. The number of hydrogen-bond donors (Lipinski definition) is 1. The van der Waals surface area contributed by atoms with Gasteiger partial charge in [0.1, 0.15) is 0 Å². The van der Waals surface area contributed by atoms with Crippen molar-refractivity contribution in [3.63, 3.8) is 0 Å². The van der Waals surface area contributed by atoms with E-state index in [4.69, 9.17) is 5.73 Å². The molecular formula is C16H19N3S. The first-order chi connectivity index (χ1) is 9.70. The summed E-state index contributed by atoms with van der Waals surface area (Å²) in [7, 11) is 0. The van der Waals surface area contributed by atoms with Crippen molar-refractivity contribution in [1.29, 1.82) is 0 Å². The molecule has 2 N–H and O–H groups in total. The third-order valence-electron chi connectivity index (χ3n) is 3.82. The molecule has 2 heterocycles. The van der Waals surface area contributed by atoms with Crippen LogP contribution < -0.4 is 5.73 Å². The Morgan fingerprint density at radius 2 is 2.15 bits per heavy atom. The van der Waals surface area contributed by atoms with Crippen molar-refractivity contribution in [1.82, 2.24) is 9.55 Å². The van der Waals surface area contributed by atoms with E-state index in [0.29, 0.717) is 18.4 Å². The molecule has 0 spiro atoms. The molecule has 0 aliphatic carbocycles. The minimum absolute atomic E-state index is 0.329. The lowest BCUT2D eigenvalue weighted by Gasteiger charge is -2.20.